The van der Waals surface area contributed by atoms with Gasteiger partial charge in [-0.25, -0.2) is 0 Å². The van der Waals surface area contributed by atoms with E-state index in [2.05, 4.69) is 39.2 Å². The van der Waals surface area contributed by atoms with E-state index in [1.165, 1.54) is 34.0 Å². The fourth-order valence-corrected chi connectivity index (χ4v) is 2.69. The van der Waals surface area contributed by atoms with Gasteiger partial charge in [0.2, 0.25) is 0 Å². The molecule has 0 aliphatic rings. The molecule has 0 bridgehead atoms. The lowest BCUT2D eigenvalue weighted by Crippen LogP contribution is -2.07. The molecule has 1 unspecified atom stereocenters. The lowest BCUT2D eigenvalue weighted by Gasteiger charge is -2.18. The molecule has 0 spiro atoms. The predicted molar refractivity (Wildman–Crippen MR) is 78.1 cm³/mol. The number of nitriles is 1. The second kappa shape index (κ2) is 6.70. The maximum absolute atomic E-state index is 8.60. The van der Waals surface area contributed by atoms with Crippen molar-refractivity contribution in [2.45, 2.75) is 34.1 Å². The third-order valence-electron chi connectivity index (χ3n) is 3.41. The van der Waals surface area contributed by atoms with E-state index in [0.29, 0.717) is 5.92 Å². The van der Waals surface area contributed by atoms with E-state index in [0.717, 1.165) is 17.9 Å². The zero-order valence-corrected chi connectivity index (χ0v) is 12.6. The van der Waals surface area contributed by atoms with Gasteiger partial charge in [0.1, 0.15) is 11.2 Å². The minimum absolute atomic E-state index is 0.514. The molecular weight excluding hydrogens is 242 g/mol. The van der Waals surface area contributed by atoms with E-state index in [1.54, 1.807) is 7.11 Å². The van der Waals surface area contributed by atoms with Gasteiger partial charge < -0.3 is 4.74 Å². The first-order valence-corrected chi connectivity index (χ1v) is 7.14. The van der Waals surface area contributed by atoms with Crippen molar-refractivity contribution in [1.82, 2.24) is 0 Å². The maximum atomic E-state index is 8.60. The van der Waals surface area contributed by atoms with Gasteiger partial charge in [-0.2, -0.15) is 5.26 Å². The molecule has 0 aromatic heterocycles. The standard InChI is InChI=1S/C15H21NOS/c1-10(8-18-9-16)6-14-11(2)7-15(17-5)13(4)12(14)3/h7,10H,6,8H2,1-5H3. The molecule has 98 valence electrons. The molecule has 2 nitrogen and oxygen atoms in total. The summed E-state index contributed by atoms with van der Waals surface area (Å²) in [5.41, 5.74) is 5.22. The van der Waals surface area contributed by atoms with Crippen LogP contribution in [0.5, 0.6) is 5.75 Å². The Morgan fingerprint density at radius 3 is 2.56 bits per heavy atom. The van der Waals surface area contributed by atoms with Crippen molar-refractivity contribution in [3.8, 4) is 11.2 Å². The van der Waals surface area contributed by atoms with Crippen LogP contribution < -0.4 is 4.74 Å². The molecule has 0 N–H and O–H groups in total. The molecule has 0 aliphatic carbocycles. The molecule has 0 aliphatic heterocycles. The highest BCUT2D eigenvalue weighted by atomic mass is 32.2. The predicted octanol–water partition coefficient (Wildman–Crippen LogP) is 4.01. The molecule has 0 saturated carbocycles. The monoisotopic (exact) mass is 263 g/mol. The summed E-state index contributed by atoms with van der Waals surface area (Å²) in [4.78, 5) is 0. The largest absolute Gasteiger partial charge is 0.496 e. The van der Waals surface area contributed by atoms with Gasteiger partial charge in [-0.1, -0.05) is 6.92 Å². The topological polar surface area (TPSA) is 33.0 Å². The number of aryl methyl sites for hydroxylation is 1. The van der Waals surface area contributed by atoms with E-state index in [-0.39, 0.29) is 0 Å². The molecule has 0 fully saturated rings. The van der Waals surface area contributed by atoms with Gasteiger partial charge in [-0.15, -0.1) is 0 Å². The minimum Gasteiger partial charge on any atom is -0.496 e. The Morgan fingerprint density at radius 2 is 2.00 bits per heavy atom. The number of thiocyanates is 1. The van der Waals surface area contributed by atoms with Crippen molar-refractivity contribution in [3.05, 3.63) is 28.3 Å². The first kappa shape index (κ1) is 14.9. The molecule has 3 heteroatoms. The molecular formula is C15H21NOS. The first-order valence-electron chi connectivity index (χ1n) is 6.15. The zero-order valence-electron chi connectivity index (χ0n) is 11.8. The van der Waals surface area contributed by atoms with E-state index >= 15 is 0 Å². The lowest BCUT2D eigenvalue weighted by molar-refractivity contribution is 0.410. The average Bonchev–Trinajstić information content (AvgIpc) is 2.36. The van der Waals surface area contributed by atoms with Crippen molar-refractivity contribution in [2.75, 3.05) is 12.9 Å². The summed E-state index contributed by atoms with van der Waals surface area (Å²) in [6.45, 7) is 8.59. The summed E-state index contributed by atoms with van der Waals surface area (Å²) in [7, 11) is 1.72. The van der Waals surface area contributed by atoms with Crippen LogP contribution in [0.4, 0.5) is 0 Å². The molecule has 0 saturated heterocycles. The molecule has 0 radical (unpaired) electrons. The van der Waals surface area contributed by atoms with E-state index in [4.69, 9.17) is 10.00 Å². The summed E-state index contributed by atoms with van der Waals surface area (Å²) in [5, 5.41) is 10.7. The second-order valence-corrected chi connectivity index (χ2v) is 5.64. The Balaban J connectivity index is 2.96. The number of rotatable bonds is 5. The number of benzene rings is 1. The third kappa shape index (κ3) is 3.43. The third-order valence-corrected chi connectivity index (χ3v) is 4.28. The molecule has 1 atom stereocenters. The Morgan fingerprint density at radius 1 is 1.33 bits per heavy atom. The Bertz CT molecular complexity index is 463. The molecule has 18 heavy (non-hydrogen) atoms. The number of ether oxygens (including phenoxy) is 1. The van der Waals surface area contributed by atoms with Crippen LogP contribution in [0, 0.1) is 37.4 Å². The van der Waals surface area contributed by atoms with Crippen LogP contribution in [0.3, 0.4) is 0 Å². The Hall–Kier alpha value is -1.14. The van der Waals surface area contributed by atoms with Crippen LogP contribution in [0.15, 0.2) is 6.07 Å². The normalized spacial score (nSPS) is 12.0. The molecule has 1 aromatic rings. The zero-order chi connectivity index (χ0) is 13.7. The Labute approximate surface area is 114 Å². The van der Waals surface area contributed by atoms with Crippen LogP contribution in [0.2, 0.25) is 0 Å². The SMILES string of the molecule is COc1cc(C)c(CC(C)CSC#N)c(C)c1C. The highest BCUT2D eigenvalue weighted by molar-refractivity contribution is 8.03. The van der Waals surface area contributed by atoms with Crippen LogP contribution in [-0.2, 0) is 6.42 Å². The highest BCUT2D eigenvalue weighted by Crippen LogP contribution is 2.29. The van der Waals surface area contributed by atoms with Gasteiger partial charge in [-0.05, 0) is 73.2 Å². The number of thioether (sulfide) groups is 1. The van der Waals surface area contributed by atoms with Crippen molar-refractivity contribution < 1.29 is 4.74 Å². The molecule has 0 amide bonds. The summed E-state index contributed by atoms with van der Waals surface area (Å²) < 4.78 is 5.38. The number of hydrogen-bond acceptors (Lipinski definition) is 3. The first-order chi connectivity index (χ1) is 8.51. The molecule has 0 heterocycles. The van der Waals surface area contributed by atoms with Crippen LogP contribution >= 0.6 is 11.8 Å². The quantitative estimate of drug-likeness (QED) is 0.752. The van der Waals surface area contributed by atoms with Gasteiger partial charge in [0.15, 0.2) is 0 Å². The summed E-state index contributed by atoms with van der Waals surface area (Å²) in [5.74, 6) is 2.37. The van der Waals surface area contributed by atoms with Crippen molar-refractivity contribution in [3.63, 3.8) is 0 Å². The second-order valence-electron chi connectivity index (χ2n) is 4.84. The summed E-state index contributed by atoms with van der Waals surface area (Å²) in [6, 6.07) is 2.11. The van der Waals surface area contributed by atoms with Gasteiger partial charge in [-0.3, -0.25) is 0 Å². The molecule has 1 aromatic carbocycles. The van der Waals surface area contributed by atoms with Crippen LogP contribution in [-0.4, -0.2) is 12.9 Å². The number of nitrogens with zero attached hydrogens (tertiary/aromatic N) is 1. The van der Waals surface area contributed by atoms with E-state index < -0.39 is 0 Å². The van der Waals surface area contributed by atoms with Crippen LogP contribution in [0.1, 0.15) is 29.2 Å². The number of methoxy groups -OCH3 is 1. The minimum atomic E-state index is 0.514. The van der Waals surface area contributed by atoms with Crippen molar-refractivity contribution in [1.29, 1.82) is 5.26 Å². The van der Waals surface area contributed by atoms with Crippen molar-refractivity contribution >= 4 is 11.8 Å². The lowest BCUT2D eigenvalue weighted by atomic mass is 9.91. The molecule has 1 rings (SSSR count). The smallest absolute Gasteiger partial charge is 0.133 e. The maximum Gasteiger partial charge on any atom is 0.133 e. The highest BCUT2D eigenvalue weighted by Gasteiger charge is 2.13. The average molecular weight is 263 g/mol. The number of hydrogen-bond donors (Lipinski definition) is 0. The van der Waals surface area contributed by atoms with E-state index in [9.17, 15) is 0 Å². The fraction of sp³-hybridized carbons (Fsp3) is 0.533. The van der Waals surface area contributed by atoms with Crippen LogP contribution in [0.25, 0.3) is 0 Å². The van der Waals surface area contributed by atoms with Gasteiger partial charge in [0, 0.05) is 5.75 Å². The van der Waals surface area contributed by atoms with Gasteiger partial charge in [0.25, 0.3) is 0 Å². The summed E-state index contributed by atoms with van der Waals surface area (Å²) in [6.07, 6.45) is 1.02. The fourth-order valence-electron chi connectivity index (χ4n) is 2.21. The van der Waals surface area contributed by atoms with Gasteiger partial charge in [0.05, 0.1) is 7.11 Å². The van der Waals surface area contributed by atoms with Gasteiger partial charge >= 0.3 is 0 Å². The summed E-state index contributed by atoms with van der Waals surface area (Å²) >= 11 is 1.34. The Kier molecular flexibility index (Phi) is 5.55. The van der Waals surface area contributed by atoms with E-state index in [1.807, 2.05) is 0 Å². The van der Waals surface area contributed by atoms with Crippen molar-refractivity contribution in [2.24, 2.45) is 5.92 Å².